The number of nitrogens with zero attached hydrogens (tertiary/aromatic N) is 4. The third-order valence-electron chi connectivity index (χ3n) is 6.85. The topological polar surface area (TPSA) is 63.3 Å². The van der Waals surface area contributed by atoms with Crippen LogP contribution >= 0.6 is 0 Å². The Labute approximate surface area is 199 Å². The van der Waals surface area contributed by atoms with E-state index >= 15 is 0 Å². The fourth-order valence-corrected chi connectivity index (χ4v) is 4.68. The van der Waals surface area contributed by atoms with Gasteiger partial charge in [0, 0.05) is 24.6 Å². The molecule has 2 aliphatic rings. The molecule has 3 heterocycles. The number of halogens is 1. The molecule has 1 aromatic heterocycles. The Hall–Kier alpha value is -3.21. The summed E-state index contributed by atoms with van der Waals surface area (Å²) in [6, 6.07) is 14.6. The number of imidazole rings is 1. The highest BCUT2D eigenvalue weighted by atomic mass is 19.1. The van der Waals surface area contributed by atoms with Crippen molar-refractivity contribution in [2.45, 2.75) is 51.0 Å². The molecule has 2 fully saturated rings. The van der Waals surface area contributed by atoms with Crippen LogP contribution < -0.4 is 4.74 Å². The minimum absolute atomic E-state index is 0.137. The van der Waals surface area contributed by atoms with Crippen LogP contribution in [0.5, 0.6) is 5.75 Å². The summed E-state index contributed by atoms with van der Waals surface area (Å²) in [5.74, 6) is 1.92. The van der Waals surface area contributed by atoms with Gasteiger partial charge in [-0.1, -0.05) is 18.2 Å². The first-order valence-electron chi connectivity index (χ1n) is 11.9. The van der Waals surface area contributed by atoms with Crippen LogP contribution in [0.25, 0.3) is 0 Å². The number of likely N-dealkylation sites (tertiary alicyclic amines) is 1. The van der Waals surface area contributed by atoms with Crippen molar-refractivity contribution >= 4 is 0 Å². The monoisotopic (exact) mass is 460 g/mol. The molecule has 3 aromatic rings. The second kappa shape index (κ2) is 10.4. The van der Waals surface area contributed by atoms with Crippen molar-refractivity contribution in [3.63, 3.8) is 0 Å². The Bertz CT molecular complexity index is 1160. The molecule has 0 bridgehead atoms. The molecule has 0 radical (unpaired) electrons. The summed E-state index contributed by atoms with van der Waals surface area (Å²) in [5, 5.41) is 8.89. The predicted molar refractivity (Wildman–Crippen MR) is 126 cm³/mol. The summed E-state index contributed by atoms with van der Waals surface area (Å²) in [6.45, 7) is 4.83. The van der Waals surface area contributed by atoms with Gasteiger partial charge in [-0.15, -0.1) is 0 Å². The van der Waals surface area contributed by atoms with Gasteiger partial charge in [-0.25, -0.2) is 9.37 Å². The van der Waals surface area contributed by atoms with Gasteiger partial charge in [-0.05, 0) is 68.1 Å². The second-order valence-electron chi connectivity index (χ2n) is 9.11. The molecule has 2 saturated heterocycles. The largest absolute Gasteiger partial charge is 0.489 e. The number of aromatic nitrogens is 2. The quantitative estimate of drug-likeness (QED) is 0.490. The van der Waals surface area contributed by atoms with E-state index in [-0.39, 0.29) is 6.61 Å². The van der Waals surface area contributed by atoms with Gasteiger partial charge < -0.3 is 14.0 Å². The SMILES string of the molecule is N#Cc1ccc(COc2cccc(C3CCN(Cc4nccn4C[C@@H]4CCO4)CC3)c2)c(F)c1. The molecule has 5 rings (SSSR count). The van der Waals surface area contributed by atoms with Gasteiger partial charge in [0.05, 0.1) is 30.8 Å². The number of benzene rings is 2. The maximum absolute atomic E-state index is 14.1. The van der Waals surface area contributed by atoms with Crippen LogP contribution in [0.3, 0.4) is 0 Å². The molecule has 0 aliphatic carbocycles. The average Bonchev–Trinajstić information content (AvgIpc) is 3.28. The highest BCUT2D eigenvalue weighted by Crippen LogP contribution is 2.31. The van der Waals surface area contributed by atoms with E-state index < -0.39 is 5.82 Å². The normalized spacial score (nSPS) is 18.9. The van der Waals surface area contributed by atoms with Gasteiger partial charge in [0.15, 0.2) is 0 Å². The van der Waals surface area contributed by atoms with E-state index in [4.69, 9.17) is 14.7 Å². The van der Waals surface area contributed by atoms with Crippen LogP contribution in [0, 0.1) is 17.1 Å². The summed E-state index contributed by atoms with van der Waals surface area (Å²) < 4.78 is 27.8. The maximum Gasteiger partial charge on any atom is 0.131 e. The predicted octanol–water partition coefficient (Wildman–Crippen LogP) is 4.64. The molecular weight excluding hydrogens is 431 g/mol. The molecule has 7 heteroatoms. The first-order chi connectivity index (χ1) is 16.7. The lowest BCUT2D eigenvalue weighted by molar-refractivity contribution is -0.0598. The van der Waals surface area contributed by atoms with E-state index in [0.717, 1.165) is 63.6 Å². The van der Waals surface area contributed by atoms with Crippen molar-refractivity contribution in [1.29, 1.82) is 5.26 Å². The number of hydrogen-bond donors (Lipinski definition) is 0. The highest BCUT2D eigenvalue weighted by Gasteiger charge is 2.24. The molecule has 34 heavy (non-hydrogen) atoms. The lowest BCUT2D eigenvalue weighted by atomic mass is 9.89. The summed E-state index contributed by atoms with van der Waals surface area (Å²) in [4.78, 5) is 7.06. The average molecular weight is 461 g/mol. The molecular formula is C27H29FN4O2. The van der Waals surface area contributed by atoms with Gasteiger partial charge >= 0.3 is 0 Å². The van der Waals surface area contributed by atoms with Gasteiger partial charge in [-0.3, -0.25) is 4.90 Å². The maximum atomic E-state index is 14.1. The summed E-state index contributed by atoms with van der Waals surface area (Å²) >= 11 is 0. The Kier molecular flexibility index (Phi) is 6.89. The summed E-state index contributed by atoms with van der Waals surface area (Å²) in [6.07, 6.45) is 7.57. The fraction of sp³-hybridized carbons (Fsp3) is 0.407. The molecule has 0 N–H and O–H groups in total. The van der Waals surface area contributed by atoms with Crippen molar-refractivity contribution in [1.82, 2.24) is 14.5 Å². The molecule has 2 aliphatic heterocycles. The lowest BCUT2D eigenvalue weighted by Crippen LogP contribution is -2.35. The highest BCUT2D eigenvalue weighted by molar-refractivity contribution is 5.34. The van der Waals surface area contributed by atoms with Crippen molar-refractivity contribution < 1.29 is 13.9 Å². The number of hydrogen-bond acceptors (Lipinski definition) is 5. The smallest absolute Gasteiger partial charge is 0.131 e. The van der Waals surface area contributed by atoms with Crippen LogP contribution in [-0.4, -0.2) is 40.3 Å². The van der Waals surface area contributed by atoms with Gasteiger partial charge in [0.1, 0.15) is 24.0 Å². The van der Waals surface area contributed by atoms with E-state index in [1.165, 1.54) is 11.6 Å². The number of piperidine rings is 1. The first-order valence-corrected chi connectivity index (χ1v) is 11.9. The number of nitriles is 1. The van der Waals surface area contributed by atoms with E-state index in [1.807, 2.05) is 24.4 Å². The minimum atomic E-state index is -0.413. The van der Waals surface area contributed by atoms with Gasteiger partial charge in [-0.2, -0.15) is 5.26 Å². The van der Waals surface area contributed by atoms with E-state index in [1.54, 1.807) is 12.1 Å². The molecule has 1 atom stereocenters. The molecule has 6 nitrogen and oxygen atoms in total. The first kappa shape index (κ1) is 22.6. The molecule has 0 saturated carbocycles. The van der Waals surface area contributed by atoms with Gasteiger partial charge in [0.2, 0.25) is 0 Å². The number of ether oxygens (including phenoxy) is 2. The standard InChI is InChI=1S/C27H29FN4O2/c28-26-14-20(16-29)4-5-23(26)19-34-24-3-1-2-22(15-24)21-6-10-31(11-7-21)18-27-30-9-12-32(27)17-25-8-13-33-25/h1-5,9,12,14-15,21,25H,6-8,10-11,13,17-19H2/t25-/m0/s1. The molecule has 0 amide bonds. The van der Waals surface area contributed by atoms with E-state index in [0.29, 0.717) is 23.1 Å². The third-order valence-corrected chi connectivity index (χ3v) is 6.85. The zero-order chi connectivity index (χ0) is 23.3. The Morgan fingerprint density at radius 1 is 1.15 bits per heavy atom. The van der Waals surface area contributed by atoms with Crippen LogP contribution in [0.1, 0.15) is 47.7 Å². The molecule has 0 spiro atoms. The zero-order valence-corrected chi connectivity index (χ0v) is 19.2. The lowest BCUT2D eigenvalue weighted by Gasteiger charge is -2.32. The van der Waals surface area contributed by atoms with Crippen LogP contribution in [0.15, 0.2) is 54.9 Å². The molecule has 2 aromatic carbocycles. The zero-order valence-electron chi connectivity index (χ0n) is 19.2. The fourth-order valence-electron chi connectivity index (χ4n) is 4.68. The third kappa shape index (κ3) is 5.30. The summed E-state index contributed by atoms with van der Waals surface area (Å²) in [5.41, 5.74) is 2.02. The second-order valence-corrected chi connectivity index (χ2v) is 9.11. The Balaban J connectivity index is 1.14. The van der Waals surface area contributed by atoms with Crippen molar-refractivity contribution in [2.24, 2.45) is 0 Å². The molecule has 0 unspecified atom stereocenters. The number of rotatable bonds is 8. The minimum Gasteiger partial charge on any atom is -0.489 e. The van der Waals surface area contributed by atoms with Crippen molar-refractivity contribution in [2.75, 3.05) is 19.7 Å². The molecule has 176 valence electrons. The van der Waals surface area contributed by atoms with E-state index in [2.05, 4.69) is 32.8 Å². The Morgan fingerprint density at radius 2 is 2.00 bits per heavy atom. The van der Waals surface area contributed by atoms with E-state index in [9.17, 15) is 4.39 Å². The van der Waals surface area contributed by atoms with Crippen LogP contribution in [-0.2, 0) is 24.4 Å². The van der Waals surface area contributed by atoms with Crippen LogP contribution in [0.4, 0.5) is 4.39 Å². The van der Waals surface area contributed by atoms with Crippen LogP contribution in [0.2, 0.25) is 0 Å². The van der Waals surface area contributed by atoms with Crippen molar-refractivity contribution in [3.8, 4) is 11.8 Å². The summed E-state index contributed by atoms with van der Waals surface area (Å²) in [7, 11) is 0. The Morgan fingerprint density at radius 3 is 2.74 bits per heavy atom. The van der Waals surface area contributed by atoms with Crippen molar-refractivity contribution in [3.05, 3.63) is 83.2 Å². The van der Waals surface area contributed by atoms with Gasteiger partial charge in [0.25, 0.3) is 0 Å².